The lowest BCUT2D eigenvalue weighted by atomic mass is 9.93. The molecule has 0 saturated heterocycles. The SMILES string of the molecule is [2H]C([2H])([2H])NC(=O)c1c(-c2ccc(F)cc2)c(=O)c(C(N)=O)c(-c2ccc(-c3cc(-c4cnn(CC)c4)cnc3N)c(F)c2)n1C(C)C. The van der Waals surface area contributed by atoms with Gasteiger partial charge in [0.1, 0.15) is 28.7 Å². The average molecular weight is 615 g/mol. The van der Waals surface area contributed by atoms with Crippen molar-refractivity contribution < 1.29 is 22.5 Å². The fourth-order valence-corrected chi connectivity index (χ4v) is 5.30. The summed E-state index contributed by atoms with van der Waals surface area (Å²) >= 11 is 0. The van der Waals surface area contributed by atoms with Gasteiger partial charge in [-0.2, -0.15) is 5.10 Å². The zero-order valence-electron chi connectivity index (χ0n) is 27.6. The smallest absolute Gasteiger partial charge is 0.268 e. The minimum Gasteiger partial charge on any atom is -0.383 e. The second-order valence-electron chi connectivity index (χ2n) is 10.5. The summed E-state index contributed by atoms with van der Waals surface area (Å²) in [5, 5.41) is 6.15. The number of carbonyl (C=O) groups is 2. The van der Waals surface area contributed by atoms with E-state index in [0.717, 1.165) is 23.8 Å². The van der Waals surface area contributed by atoms with Crippen molar-refractivity contribution in [1.82, 2.24) is 24.6 Å². The molecule has 0 saturated carbocycles. The minimum atomic E-state index is -2.97. The number of benzene rings is 2. The molecular weight excluding hydrogens is 580 g/mol. The Morgan fingerprint density at radius 1 is 1.00 bits per heavy atom. The number of nitrogen functional groups attached to an aromatic ring is 1. The van der Waals surface area contributed by atoms with E-state index in [0.29, 0.717) is 12.1 Å². The van der Waals surface area contributed by atoms with Gasteiger partial charge in [-0.05, 0) is 50.6 Å². The van der Waals surface area contributed by atoms with Gasteiger partial charge in [0.15, 0.2) is 0 Å². The van der Waals surface area contributed by atoms with Crippen LogP contribution >= 0.6 is 0 Å². The van der Waals surface area contributed by atoms with Crippen LogP contribution in [0.2, 0.25) is 0 Å². The lowest BCUT2D eigenvalue weighted by Gasteiger charge is -2.26. The number of amides is 2. The first-order valence-electron chi connectivity index (χ1n) is 15.4. The van der Waals surface area contributed by atoms with E-state index < -0.39 is 53.2 Å². The second-order valence-corrected chi connectivity index (χ2v) is 10.5. The highest BCUT2D eigenvalue weighted by molar-refractivity contribution is 6.05. The van der Waals surface area contributed by atoms with E-state index in [9.17, 15) is 18.8 Å². The zero-order valence-corrected chi connectivity index (χ0v) is 24.6. The summed E-state index contributed by atoms with van der Waals surface area (Å²) in [7, 11) is 0. The number of nitrogens with two attached hydrogens (primary N) is 2. The number of carbonyl (C=O) groups excluding carboxylic acids is 2. The fourth-order valence-electron chi connectivity index (χ4n) is 5.30. The molecule has 0 unspecified atom stereocenters. The van der Waals surface area contributed by atoms with Gasteiger partial charge in [-0.3, -0.25) is 19.1 Å². The van der Waals surface area contributed by atoms with Gasteiger partial charge in [0, 0.05) is 63.9 Å². The van der Waals surface area contributed by atoms with E-state index in [1.807, 2.05) is 18.4 Å². The molecule has 2 amide bonds. The van der Waals surface area contributed by atoms with Gasteiger partial charge >= 0.3 is 0 Å². The Morgan fingerprint density at radius 3 is 2.31 bits per heavy atom. The van der Waals surface area contributed by atoms with Crippen LogP contribution in [0.3, 0.4) is 0 Å². The van der Waals surface area contributed by atoms with Crippen LogP contribution < -0.4 is 22.2 Å². The molecule has 0 aliphatic heterocycles. The monoisotopic (exact) mass is 614 g/mol. The Balaban J connectivity index is 1.79. The second kappa shape index (κ2) is 12.2. The Labute approximate surface area is 261 Å². The van der Waals surface area contributed by atoms with E-state index in [1.54, 1.807) is 30.8 Å². The summed E-state index contributed by atoms with van der Waals surface area (Å²) in [6, 6.07) is 9.29. The summed E-state index contributed by atoms with van der Waals surface area (Å²) < 4.78 is 55.8. The number of pyridine rings is 2. The summed E-state index contributed by atoms with van der Waals surface area (Å²) in [6.07, 6.45) is 4.99. The molecule has 3 aromatic heterocycles. The van der Waals surface area contributed by atoms with Crippen LogP contribution in [0.4, 0.5) is 14.6 Å². The van der Waals surface area contributed by atoms with Gasteiger partial charge in [-0.25, -0.2) is 13.8 Å². The number of nitrogens with one attached hydrogen (secondary N) is 1. The maximum atomic E-state index is 16.1. The van der Waals surface area contributed by atoms with E-state index >= 15 is 4.39 Å². The van der Waals surface area contributed by atoms with E-state index in [-0.39, 0.29) is 39.3 Å². The Bertz CT molecular complexity index is 2130. The molecule has 45 heavy (non-hydrogen) atoms. The van der Waals surface area contributed by atoms with Crippen molar-refractivity contribution in [2.45, 2.75) is 33.4 Å². The van der Waals surface area contributed by atoms with Gasteiger partial charge in [-0.1, -0.05) is 24.3 Å². The van der Waals surface area contributed by atoms with E-state index in [2.05, 4.69) is 10.1 Å². The highest BCUT2D eigenvalue weighted by Crippen LogP contribution is 2.36. The van der Waals surface area contributed by atoms with Crippen LogP contribution in [-0.4, -0.2) is 38.1 Å². The van der Waals surface area contributed by atoms with Crippen molar-refractivity contribution in [3.63, 3.8) is 0 Å². The molecular formula is C33H31F2N7O3. The molecule has 2 aromatic carbocycles. The predicted molar refractivity (Wildman–Crippen MR) is 168 cm³/mol. The van der Waals surface area contributed by atoms with Crippen molar-refractivity contribution in [3.05, 3.63) is 100 Å². The number of hydrogen-bond acceptors (Lipinski definition) is 6. The topological polar surface area (TPSA) is 151 Å². The van der Waals surface area contributed by atoms with Gasteiger partial charge in [0.05, 0.1) is 17.5 Å². The molecule has 5 aromatic rings. The molecule has 12 heteroatoms. The maximum absolute atomic E-state index is 16.1. The molecule has 10 nitrogen and oxygen atoms in total. The maximum Gasteiger partial charge on any atom is 0.268 e. The molecule has 230 valence electrons. The van der Waals surface area contributed by atoms with Crippen molar-refractivity contribution >= 4 is 17.6 Å². The van der Waals surface area contributed by atoms with Gasteiger partial charge < -0.3 is 21.4 Å². The first-order chi connectivity index (χ1) is 22.6. The first-order valence-corrected chi connectivity index (χ1v) is 13.9. The molecule has 0 fully saturated rings. The summed E-state index contributed by atoms with van der Waals surface area (Å²) in [4.78, 5) is 45.0. The van der Waals surface area contributed by atoms with Gasteiger partial charge in [-0.15, -0.1) is 0 Å². The Hall–Kier alpha value is -5.65. The largest absolute Gasteiger partial charge is 0.383 e. The zero-order chi connectivity index (χ0) is 35.1. The average Bonchev–Trinajstić information content (AvgIpc) is 3.50. The molecule has 0 aliphatic carbocycles. The molecule has 0 atom stereocenters. The van der Waals surface area contributed by atoms with Crippen LogP contribution in [0, 0.1) is 11.6 Å². The van der Waals surface area contributed by atoms with E-state index in [4.69, 9.17) is 15.6 Å². The van der Waals surface area contributed by atoms with Crippen LogP contribution in [0.5, 0.6) is 0 Å². The third-order valence-corrected chi connectivity index (χ3v) is 7.38. The highest BCUT2D eigenvalue weighted by Gasteiger charge is 2.31. The van der Waals surface area contributed by atoms with Gasteiger partial charge in [0.2, 0.25) is 5.43 Å². The van der Waals surface area contributed by atoms with Crippen LogP contribution in [0.1, 0.15) is 51.8 Å². The summed E-state index contributed by atoms with van der Waals surface area (Å²) in [5.41, 5.74) is 10.9. The quantitative estimate of drug-likeness (QED) is 0.223. The third-order valence-electron chi connectivity index (χ3n) is 7.38. The predicted octanol–water partition coefficient (Wildman–Crippen LogP) is 5.03. The summed E-state index contributed by atoms with van der Waals surface area (Å²) in [6.45, 7) is 2.83. The number of halogens is 2. The number of primary amides is 1. The number of rotatable bonds is 8. The normalized spacial score (nSPS) is 12.4. The molecule has 0 radical (unpaired) electrons. The number of aryl methyl sites for hydroxylation is 1. The minimum absolute atomic E-state index is 0.0173. The molecule has 0 spiro atoms. The molecule has 0 bridgehead atoms. The lowest BCUT2D eigenvalue weighted by Crippen LogP contribution is -2.34. The number of nitrogens with zero attached hydrogens (tertiary/aromatic N) is 4. The van der Waals surface area contributed by atoms with Crippen molar-refractivity contribution in [3.8, 4) is 44.6 Å². The van der Waals surface area contributed by atoms with Crippen LogP contribution in [-0.2, 0) is 6.54 Å². The summed E-state index contributed by atoms with van der Waals surface area (Å²) in [5.74, 6) is -3.78. The van der Waals surface area contributed by atoms with Crippen molar-refractivity contribution in [2.75, 3.05) is 12.7 Å². The van der Waals surface area contributed by atoms with Crippen LogP contribution in [0.25, 0.3) is 44.6 Å². The standard InChI is InChI=1S/C33H31F2N7O3/c1-5-41-16-21(15-40-41)20-12-24(31(36)39-14-20)23-11-8-19(13-25(23)35)28-27(32(37)44)30(43)26(18-6-9-22(34)10-7-18)29(33(45)38-4)42(28)17(2)3/h6-17H,5H2,1-4H3,(H2,36,39)(H2,37,44)(H,38,45)/i4D3. The fraction of sp³-hybridized carbons (Fsp3) is 0.182. The molecule has 3 heterocycles. The lowest BCUT2D eigenvalue weighted by molar-refractivity contribution is 0.0948. The van der Waals surface area contributed by atoms with E-state index in [1.165, 1.54) is 35.0 Å². The Kier molecular flexibility index (Phi) is 7.27. The Morgan fingerprint density at radius 2 is 1.71 bits per heavy atom. The molecule has 5 N–H and O–H groups in total. The first kappa shape index (κ1) is 26.9. The number of anilines is 1. The van der Waals surface area contributed by atoms with Crippen LogP contribution in [0.15, 0.2) is 71.9 Å². The third kappa shape index (κ3) is 5.57. The number of hydrogen-bond donors (Lipinski definition) is 3. The van der Waals surface area contributed by atoms with Crippen molar-refractivity contribution in [1.29, 1.82) is 0 Å². The number of aromatic nitrogens is 4. The highest BCUT2D eigenvalue weighted by atomic mass is 19.1. The molecule has 0 aliphatic rings. The molecule has 5 rings (SSSR count). The van der Waals surface area contributed by atoms with Gasteiger partial charge in [0.25, 0.3) is 11.8 Å². The van der Waals surface area contributed by atoms with Crippen molar-refractivity contribution in [2.24, 2.45) is 5.73 Å².